The van der Waals surface area contributed by atoms with E-state index in [0.29, 0.717) is 12.6 Å². The van der Waals surface area contributed by atoms with Crippen LogP contribution in [0.1, 0.15) is 25.7 Å². The number of β-amino-alcohol motifs (C(OH)–C–C–N with tert-alkyl or cyclic N) is 1. The molecule has 5 heteroatoms. The van der Waals surface area contributed by atoms with Crippen LogP contribution in [0.5, 0.6) is 0 Å². The third-order valence-corrected chi connectivity index (χ3v) is 4.17. The van der Waals surface area contributed by atoms with Crippen LogP contribution >= 0.6 is 0 Å². The molecular weight excluding hydrogens is 264 g/mol. The summed E-state index contributed by atoms with van der Waals surface area (Å²) in [5.74, 6) is 1.75. The summed E-state index contributed by atoms with van der Waals surface area (Å²) >= 11 is 0. The largest absolute Gasteiger partial charge is 0.391 e. The summed E-state index contributed by atoms with van der Waals surface area (Å²) < 4.78 is 0. The highest BCUT2D eigenvalue weighted by Crippen LogP contribution is 2.31. The molecule has 4 rings (SSSR count). The first-order chi connectivity index (χ1) is 10.3. The lowest BCUT2D eigenvalue weighted by Crippen LogP contribution is -2.39. The van der Waals surface area contributed by atoms with Gasteiger partial charge in [0, 0.05) is 19.1 Å². The maximum absolute atomic E-state index is 9.93. The molecule has 1 aromatic heterocycles. The second-order valence-corrected chi connectivity index (χ2v) is 6.05. The van der Waals surface area contributed by atoms with E-state index >= 15 is 0 Å². The number of anilines is 2. The minimum Gasteiger partial charge on any atom is -0.391 e. The van der Waals surface area contributed by atoms with E-state index in [0.717, 1.165) is 42.1 Å². The van der Waals surface area contributed by atoms with Crippen molar-refractivity contribution in [3.8, 4) is 0 Å². The monoisotopic (exact) mass is 284 g/mol. The van der Waals surface area contributed by atoms with Crippen LogP contribution in [0.25, 0.3) is 11.0 Å². The molecule has 1 aromatic carbocycles. The number of nitrogens with one attached hydrogen (secondary N) is 1. The van der Waals surface area contributed by atoms with Crippen molar-refractivity contribution in [1.82, 2.24) is 9.97 Å². The SMILES string of the molecule is O[C@H]1CCCN(c2nc3ccccc3nc2NC2CC2)C1. The van der Waals surface area contributed by atoms with Crippen molar-refractivity contribution in [2.75, 3.05) is 23.3 Å². The fraction of sp³-hybridized carbons (Fsp3) is 0.500. The van der Waals surface area contributed by atoms with Crippen molar-refractivity contribution >= 4 is 22.7 Å². The normalized spacial score (nSPS) is 22.5. The highest BCUT2D eigenvalue weighted by Gasteiger charge is 2.27. The molecule has 2 aromatic rings. The average Bonchev–Trinajstić information content (AvgIpc) is 3.30. The molecule has 1 aliphatic heterocycles. The summed E-state index contributed by atoms with van der Waals surface area (Å²) in [6.45, 7) is 1.58. The van der Waals surface area contributed by atoms with Gasteiger partial charge in [-0.15, -0.1) is 0 Å². The van der Waals surface area contributed by atoms with Crippen LogP contribution in [0.3, 0.4) is 0 Å². The summed E-state index contributed by atoms with van der Waals surface area (Å²) in [4.78, 5) is 11.7. The Morgan fingerprint density at radius 1 is 1.10 bits per heavy atom. The van der Waals surface area contributed by atoms with Crippen molar-refractivity contribution in [3.05, 3.63) is 24.3 Å². The Hall–Kier alpha value is -1.88. The molecule has 110 valence electrons. The predicted octanol–water partition coefficient (Wildman–Crippen LogP) is 2.17. The van der Waals surface area contributed by atoms with Crippen LogP contribution in [0.15, 0.2) is 24.3 Å². The molecule has 1 aliphatic carbocycles. The number of hydrogen-bond donors (Lipinski definition) is 2. The zero-order valence-electron chi connectivity index (χ0n) is 12.0. The number of nitrogens with zero attached hydrogens (tertiary/aromatic N) is 3. The lowest BCUT2D eigenvalue weighted by Gasteiger charge is -2.32. The Kier molecular flexibility index (Phi) is 3.15. The van der Waals surface area contributed by atoms with E-state index < -0.39 is 0 Å². The van der Waals surface area contributed by atoms with Crippen molar-refractivity contribution in [3.63, 3.8) is 0 Å². The first kappa shape index (κ1) is 12.8. The van der Waals surface area contributed by atoms with Gasteiger partial charge in [-0.2, -0.15) is 0 Å². The molecule has 2 aliphatic rings. The Morgan fingerprint density at radius 2 is 1.86 bits per heavy atom. The van der Waals surface area contributed by atoms with Crippen molar-refractivity contribution < 1.29 is 5.11 Å². The summed E-state index contributed by atoms with van der Waals surface area (Å²) in [6, 6.07) is 8.50. The number of piperidine rings is 1. The Bertz CT molecular complexity index is 656. The minimum atomic E-state index is -0.263. The van der Waals surface area contributed by atoms with Crippen molar-refractivity contribution in [1.29, 1.82) is 0 Å². The number of aliphatic hydroxyl groups is 1. The number of para-hydroxylation sites is 2. The standard InChI is InChI=1S/C16H20N4O/c21-12-4-3-9-20(10-12)16-15(17-11-7-8-11)18-13-5-1-2-6-14(13)19-16/h1-2,5-6,11-12,21H,3-4,7-10H2,(H,17,18)/t12-/m0/s1. The molecule has 0 bridgehead atoms. The van der Waals surface area contributed by atoms with Crippen LogP contribution in [0, 0.1) is 0 Å². The van der Waals surface area contributed by atoms with Gasteiger partial charge < -0.3 is 15.3 Å². The Balaban J connectivity index is 1.76. The summed E-state index contributed by atoms with van der Waals surface area (Å²) in [5, 5.41) is 13.4. The van der Waals surface area contributed by atoms with Gasteiger partial charge in [-0.25, -0.2) is 9.97 Å². The third-order valence-electron chi connectivity index (χ3n) is 4.17. The van der Waals surface area contributed by atoms with Crippen LogP contribution in [0.2, 0.25) is 0 Å². The van der Waals surface area contributed by atoms with Crippen molar-refractivity contribution in [2.45, 2.75) is 37.8 Å². The van der Waals surface area contributed by atoms with Crippen LogP contribution < -0.4 is 10.2 Å². The molecule has 0 amide bonds. The third kappa shape index (κ3) is 2.65. The average molecular weight is 284 g/mol. The molecule has 2 heterocycles. The highest BCUT2D eigenvalue weighted by molar-refractivity contribution is 5.80. The molecule has 1 saturated heterocycles. The second kappa shape index (κ2) is 5.15. The fourth-order valence-electron chi connectivity index (χ4n) is 2.88. The molecule has 0 unspecified atom stereocenters. The zero-order chi connectivity index (χ0) is 14.2. The molecule has 2 fully saturated rings. The second-order valence-electron chi connectivity index (χ2n) is 6.05. The molecule has 1 saturated carbocycles. The summed E-state index contributed by atoms with van der Waals surface area (Å²) in [6.07, 6.45) is 4.02. The maximum Gasteiger partial charge on any atom is 0.172 e. The number of hydrogen-bond acceptors (Lipinski definition) is 5. The molecule has 1 atom stereocenters. The molecule has 0 radical (unpaired) electrons. The summed E-state index contributed by atoms with van der Waals surface area (Å²) in [5.41, 5.74) is 1.83. The number of aromatic nitrogens is 2. The Morgan fingerprint density at radius 3 is 2.57 bits per heavy atom. The van der Waals surface area contributed by atoms with Crippen LogP contribution in [-0.2, 0) is 0 Å². The van der Waals surface area contributed by atoms with Crippen LogP contribution in [-0.4, -0.2) is 40.3 Å². The Labute approximate surface area is 124 Å². The number of aliphatic hydroxyl groups excluding tert-OH is 1. The topological polar surface area (TPSA) is 61.3 Å². The molecule has 2 N–H and O–H groups in total. The minimum absolute atomic E-state index is 0.263. The number of fused-ring (bicyclic) bond motifs is 1. The van der Waals surface area contributed by atoms with Gasteiger partial charge in [0.25, 0.3) is 0 Å². The molecule has 21 heavy (non-hydrogen) atoms. The summed E-state index contributed by atoms with van der Waals surface area (Å²) in [7, 11) is 0. The van der Waals surface area contributed by atoms with E-state index in [9.17, 15) is 5.11 Å². The van der Waals surface area contributed by atoms with E-state index in [4.69, 9.17) is 9.97 Å². The van der Waals surface area contributed by atoms with Gasteiger partial charge in [-0.1, -0.05) is 12.1 Å². The van der Waals surface area contributed by atoms with Gasteiger partial charge in [-0.05, 0) is 37.8 Å². The van der Waals surface area contributed by atoms with E-state index in [-0.39, 0.29) is 6.10 Å². The molecular formula is C16H20N4O. The number of benzene rings is 1. The lowest BCUT2D eigenvalue weighted by molar-refractivity contribution is 0.154. The van der Waals surface area contributed by atoms with E-state index in [1.165, 1.54) is 12.8 Å². The zero-order valence-corrected chi connectivity index (χ0v) is 12.0. The van der Waals surface area contributed by atoms with Crippen molar-refractivity contribution in [2.24, 2.45) is 0 Å². The van der Waals surface area contributed by atoms with Gasteiger partial charge in [-0.3, -0.25) is 0 Å². The first-order valence-corrected chi connectivity index (χ1v) is 7.76. The van der Waals surface area contributed by atoms with Gasteiger partial charge in [0.2, 0.25) is 0 Å². The fourth-order valence-corrected chi connectivity index (χ4v) is 2.88. The molecule has 0 spiro atoms. The van der Waals surface area contributed by atoms with Gasteiger partial charge in [0.1, 0.15) is 0 Å². The van der Waals surface area contributed by atoms with Gasteiger partial charge in [0.15, 0.2) is 11.6 Å². The van der Waals surface area contributed by atoms with Gasteiger partial charge in [0.05, 0.1) is 17.1 Å². The quantitative estimate of drug-likeness (QED) is 0.904. The predicted molar refractivity (Wildman–Crippen MR) is 83.6 cm³/mol. The maximum atomic E-state index is 9.93. The van der Waals surface area contributed by atoms with E-state index in [1.807, 2.05) is 24.3 Å². The molecule has 5 nitrogen and oxygen atoms in total. The highest BCUT2D eigenvalue weighted by atomic mass is 16.3. The van der Waals surface area contributed by atoms with Gasteiger partial charge >= 0.3 is 0 Å². The number of rotatable bonds is 3. The smallest absolute Gasteiger partial charge is 0.172 e. The first-order valence-electron chi connectivity index (χ1n) is 7.76. The lowest BCUT2D eigenvalue weighted by atomic mass is 10.1. The van der Waals surface area contributed by atoms with E-state index in [2.05, 4.69) is 10.2 Å². The van der Waals surface area contributed by atoms with E-state index in [1.54, 1.807) is 0 Å². The van der Waals surface area contributed by atoms with Crippen LogP contribution in [0.4, 0.5) is 11.6 Å².